The third-order valence-corrected chi connectivity index (χ3v) is 20.3. The lowest BCUT2D eigenvalue weighted by Gasteiger charge is -2.21. The van der Waals surface area contributed by atoms with E-state index in [-0.39, 0.29) is 25.7 Å². The van der Waals surface area contributed by atoms with Crippen molar-refractivity contribution in [2.45, 2.75) is 438 Å². The number of carbonyl (C=O) groups excluding carboxylic acids is 4. The lowest BCUT2D eigenvalue weighted by Crippen LogP contribution is -2.30. The van der Waals surface area contributed by atoms with Crippen LogP contribution in [-0.2, 0) is 65.4 Å². The molecular formula is C78H152O17P2. The first-order valence-corrected chi connectivity index (χ1v) is 43.8. The maximum atomic E-state index is 13.1. The summed E-state index contributed by atoms with van der Waals surface area (Å²) in [6, 6.07) is 0. The highest BCUT2D eigenvalue weighted by atomic mass is 31.2. The van der Waals surface area contributed by atoms with Gasteiger partial charge >= 0.3 is 39.5 Å². The van der Waals surface area contributed by atoms with Gasteiger partial charge < -0.3 is 33.8 Å². The summed E-state index contributed by atoms with van der Waals surface area (Å²) in [5.41, 5.74) is 0. The molecule has 0 amide bonds. The fourth-order valence-electron chi connectivity index (χ4n) is 12.1. The second kappa shape index (κ2) is 72.4. The van der Waals surface area contributed by atoms with Gasteiger partial charge in [-0.1, -0.05) is 368 Å². The molecule has 0 aliphatic heterocycles. The summed E-state index contributed by atoms with van der Waals surface area (Å²) in [4.78, 5) is 72.9. The molecule has 0 bridgehead atoms. The highest BCUT2D eigenvalue weighted by Gasteiger charge is 2.30. The van der Waals surface area contributed by atoms with Gasteiger partial charge in [0, 0.05) is 25.7 Å². The molecule has 0 heterocycles. The summed E-state index contributed by atoms with van der Waals surface area (Å²) in [6.45, 7) is 5.00. The zero-order valence-corrected chi connectivity index (χ0v) is 64.8. The first-order chi connectivity index (χ1) is 47.2. The minimum atomic E-state index is -4.96. The Balaban J connectivity index is 5.22. The Morgan fingerprint density at radius 3 is 0.608 bits per heavy atom. The zero-order chi connectivity index (χ0) is 71.1. The van der Waals surface area contributed by atoms with Crippen molar-refractivity contribution in [1.82, 2.24) is 0 Å². The molecule has 5 atom stereocenters. The van der Waals surface area contributed by atoms with Gasteiger partial charge in [0.1, 0.15) is 19.3 Å². The van der Waals surface area contributed by atoms with E-state index in [2.05, 4.69) is 27.7 Å². The lowest BCUT2D eigenvalue weighted by atomic mass is 10.0. The molecule has 0 saturated carbocycles. The molecule has 0 aromatic heterocycles. The number of aliphatic hydroxyl groups excluding tert-OH is 1. The van der Waals surface area contributed by atoms with Crippen molar-refractivity contribution in [2.24, 2.45) is 0 Å². The summed E-state index contributed by atoms with van der Waals surface area (Å²) >= 11 is 0. The largest absolute Gasteiger partial charge is 0.472 e. The summed E-state index contributed by atoms with van der Waals surface area (Å²) in [5, 5.41) is 10.6. The van der Waals surface area contributed by atoms with E-state index in [1.165, 1.54) is 250 Å². The van der Waals surface area contributed by atoms with Crippen LogP contribution in [0.2, 0.25) is 0 Å². The van der Waals surface area contributed by atoms with E-state index < -0.39 is 97.5 Å². The van der Waals surface area contributed by atoms with E-state index in [0.29, 0.717) is 25.7 Å². The number of aliphatic hydroxyl groups is 1. The fourth-order valence-corrected chi connectivity index (χ4v) is 13.7. The van der Waals surface area contributed by atoms with Crippen molar-refractivity contribution >= 4 is 39.5 Å². The Labute approximate surface area is 594 Å². The Morgan fingerprint density at radius 1 is 0.247 bits per heavy atom. The lowest BCUT2D eigenvalue weighted by molar-refractivity contribution is -0.161. The van der Waals surface area contributed by atoms with Gasteiger partial charge in [-0.25, -0.2) is 9.13 Å². The second-order valence-corrected chi connectivity index (χ2v) is 31.0. The predicted molar refractivity (Wildman–Crippen MR) is 395 cm³/mol. The molecule has 576 valence electrons. The average molecular weight is 1420 g/mol. The minimum absolute atomic E-state index is 0.108. The van der Waals surface area contributed by atoms with Crippen molar-refractivity contribution in [3.63, 3.8) is 0 Å². The molecule has 0 aromatic rings. The number of phosphoric acid groups is 2. The van der Waals surface area contributed by atoms with Crippen LogP contribution in [0.4, 0.5) is 0 Å². The second-order valence-electron chi connectivity index (χ2n) is 28.1. The molecule has 0 fully saturated rings. The van der Waals surface area contributed by atoms with E-state index in [1.54, 1.807) is 0 Å². The number of unbranched alkanes of at least 4 members (excludes halogenated alkanes) is 53. The first kappa shape index (κ1) is 95.1. The number of rotatable bonds is 79. The zero-order valence-electron chi connectivity index (χ0n) is 63.1. The highest BCUT2D eigenvalue weighted by molar-refractivity contribution is 7.47. The van der Waals surface area contributed by atoms with Crippen LogP contribution < -0.4 is 0 Å². The van der Waals surface area contributed by atoms with Crippen molar-refractivity contribution < 1.29 is 80.2 Å². The predicted octanol–water partition coefficient (Wildman–Crippen LogP) is 23.4. The fraction of sp³-hybridized carbons (Fsp3) is 0.949. The number of hydrogen-bond donors (Lipinski definition) is 3. The number of carbonyl (C=O) groups is 4. The van der Waals surface area contributed by atoms with Crippen LogP contribution >= 0.6 is 15.6 Å². The average Bonchev–Trinajstić information content (AvgIpc) is 3.33. The number of ether oxygens (including phenoxy) is 4. The molecule has 0 aliphatic carbocycles. The summed E-state index contributed by atoms with van der Waals surface area (Å²) in [6.07, 6.45) is 63.7. The van der Waals surface area contributed by atoms with Gasteiger partial charge in [0.25, 0.3) is 0 Å². The van der Waals surface area contributed by atoms with Gasteiger partial charge in [0.2, 0.25) is 0 Å². The minimum Gasteiger partial charge on any atom is -0.462 e. The number of phosphoric ester groups is 2. The van der Waals surface area contributed by atoms with E-state index in [4.69, 9.17) is 37.0 Å². The van der Waals surface area contributed by atoms with Crippen LogP contribution in [0.25, 0.3) is 0 Å². The van der Waals surface area contributed by atoms with Gasteiger partial charge in [-0.05, 0) is 25.7 Å². The number of hydrogen-bond acceptors (Lipinski definition) is 15. The van der Waals surface area contributed by atoms with Crippen LogP contribution in [-0.4, -0.2) is 96.7 Å². The van der Waals surface area contributed by atoms with E-state index >= 15 is 0 Å². The van der Waals surface area contributed by atoms with Crippen LogP contribution in [0.15, 0.2) is 0 Å². The van der Waals surface area contributed by atoms with Crippen molar-refractivity contribution in [1.29, 1.82) is 0 Å². The smallest absolute Gasteiger partial charge is 0.462 e. The molecule has 0 spiro atoms. The maximum absolute atomic E-state index is 13.1. The summed E-state index contributed by atoms with van der Waals surface area (Å²) in [5.74, 6) is -2.11. The van der Waals surface area contributed by atoms with Crippen LogP contribution in [0, 0.1) is 0 Å². The van der Waals surface area contributed by atoms with Gasteiger partial charge in [-0.2, -0.15) is 0 Å². The van der Waals surface area contributed by atoms with Gasteiger partial charge in [-0.3, -0.25) is 37.3 Å². The molecule has 19 heteroatoms. The summed E-state index contributed by atoms with van der Waals surface area (Å²) in [7, 11) is -9.91. The third-order valence-electron chi connectivity index (χ3n) is 18.4. The normalized spacial score (nSPS) is 13.8. The molecule has 97 heavy (non-hydrogen) atoms. The Bertz CT molecular complexity index is 1840. The van der Waals surface area contributed by atoms with Crippen molar-refractivity contribution in [3.05, 3.63) is 0 Å². The van der Waals surface area contributed by atoms with Crippen molar-refractivity contribution in [3.8, 4) is 0 Å². The molecule has 0 aromatic carbocycles. The van der Waals surface area contributed by atoms with Gasteiger partial charge in [0.15, 0.2) is 12.2 Å². The topological polar surface area (TPSA) is 237 Å². The summed E-state index contributed by atoms with van der Waals surface area (Å²) < 4.78 is 68.6. The highest BCUT2D eigenvalue weighted by Crippen LogP contribution is 2.45. The standard InChI is InChI=1S/C78H152O17P2/c1-5-9-13-17-21-25-29-31-33-35-37-39-41-45-49-53-57-61-65-78(83)95-74(69-89-76(81)63-59-55-51-47-44-40-38-36-34-32-30-26-22-18-14-10-6-2)71-93-97(86,87)91-67-72(79)66-90-96(84,85)92-70-73(94-77(82)64-60-56-52-48-43-28-24-20-16-12-8-4)68-88-75(80)62-58-54-50-46-42-27-23-19-15-11-7-3/h72-74,79H,5-71H2,1-4H3,(H,84,85)(H,86,87)/t72-,73+,74+/m0/s1. The molecular weight excluding hydrogens is 1270 g/mol. The van der Waals surface area contributed by atoms with Gasteiger partial charge in [0.05, 0.1) is 26.4 Å². The van der Waals surface area contributed by atoms with Crippen molar-refractivity contribution in [2.75, 3.05) is 39.6 Å². The van der Waals surface area contributed by atoms with Crippen LogP contribution in [0.5, 0.6) is 0 Å². The molecule has 0 rings (SSSR count). The van der Waals surface area contributed by atoms with E-state index in [9.17, 15) is 43.2 Å². The third kappa shape index (κ3) is 72.2. The van der Waals surface area contributed by atoms with Crippen LogP contribution in [0.1, 0.15) is 419 Å². The molecule has 0 aliphatic rings. The molecule has 2 unspecified atom stereocenters. The maximum Gasteiger partial charge on any atom is 0.472 e. The first-order valence-electron chi connectivity index (χ1n) is 40.8. The Kier molecular flexibility index (Phi) is 71.0. The Hall–Kier alpha value is -1.94. The van der Waals surface area contributed by atoms with E-state index in [1.807, 2.05) is 0 Å². The van der Waals surface area contributed by atoms with E-state index in [0.717, 1.165) is 89.9 Å². The monoisotopic (exact) mass is 1420 g/mol. The molecule has 0 radical (unpaired) electrons. The quantitative estimate of drug-likeness (QED) is 0.0222. The SMILES string of the molecule is CCCCCCCCCCCCCCCCCCCCC(=O)O[C@H](COC(=O)CCCCCCCCCCCCCCCCCCC)COP(=O)(O)OC[C@@H](O)COP(=O)(O)OC[C@@H](COC(=O)CCCCCCCCCCCCC)OC(=O)CCCCCCCCCCCCC. The Morgan fingerprint density at radius 2 is 0.412 bits per heavy atom. The molecule has 3 N–H and O–H groups in total. The number of esters is 4. The van der Waals surface area contributed by atoms with Gasteiger partial charge in [-0.15, -0.1) is 0 Å². The molecule has 17 nitrogen and oxygen atoms in total. The van der Waals surface area contributed by atoms with Crippen LogP contribution in [0.3, 0.4) is 0 Å². The molecule has 0 saturated heterocycles.